The topological polar surface area (TPSA) is 15.3 Å². The van der Waals surface area contributed by atoms with Crippen molar-refractivity contribution in [2.24, 2.45) is 0 Å². The zero-order chi connectivity index (χ0) is 14.2. The van der Waals surface area contributed by atoms with Crippen molar-refractivity contribution < 1.29 is 0 Å². The monoisotopic (exact) mass is 254 g/mol. The van der Waals surface area contributed by atoms with Crippen LogP contribution in [-0.4, -0.2) is 36.1 Å². The van der Waals surface area contributed by atoms with E-state index < -0.39 is 0 Å². The van der Waals surface area contributed by atoms with Crippen molar-refractivity contribution in [3.63, 3.8) is 0 Å². The maximum atomic E-state index is 4.03. The molecule has 0 heterocycles. The van der Waals surface area contributed by atoms with E-state index in [1.807, 2.05) is 0 Å². The molecule has 0 radical (unpaired) electrons. The molecule has 0 aromatic rings. The average Bonchev–Trinajstić information content (AvgIpc) is 2.29. The quantitative estimate of drug-likeness (QED) is 0.596. The molecule has 0 rings (SSSR count). The molecule has 108 valence electrons. The summed E-state index contributed by atoms with van der Waals surface area (Å²) in [7, 11) is 0. The average molecular weight is 254 g/mol. The lowest BCUT2D eigenvalue weighted by Gasteiger charge is -2.44. The maximum absolute atomic E-state index is 4.03. The Labute approximate surface area is 115 Å². The van der Waals surface area contributed by atoms with Crippen LogP contribution in [0, 0.1) is 0 Å². The molecular formula is C16H34N2. The first kappa shape index (κ1) is 17.7. The zero-order valence-corrected chi connectivity index (χ0v) is 13.5. The van der Waals surface area contributed by atoms with Crippen LogP contribution >= 0.6 is 0 Å². The van der Waals surface area contributed by atoms with Crippen LogP contribution in [0.3, 0.4) is 0 Å². The van der Waals surface area contributed by atoms with Crippen molar-refractivity contribution in [1.82, 2.24) is 10.2 Å². The third-order valence-electron chi connectivity index (χ3n) is 3.93. The van der Waals surface area contributed by atoms with Gasteiger partial charge in [0.25, 0.3) is 0 Å². The standard InChI is InChI=1S/C16H34N2/c1-8-13-17-15(12-11-14(4)5)16(6,7)18(9-2)10-3/h15,17H,4,8-13H2,1-3,5-7H3. The Bertz CT molecular complexity index is 229. The molecule has 18 heavy (non-hydrogen) atoms. The molecule has 1 unspecified atom stereocenters. The van der Waals surface area contributed by atoms with E-state index in [1.54, 1.807) is 0 Å². The van der Waals surface area contributed by atoms with Crippen molar-refractivity contribution in [3.8, 4) is 0 Å². The predicted molar refractivity (Wildman–Crippen MR) is 83.1 cm³/mol. The van der Waals surface area contributed by atoms with E-state index in [0.717, 1.165) is 26.1 Å². The molecule has 0 saturated heterocycles. The predicted octanol–water partition coefficient (Wildman–Crippen LogP) is 3.83. The first-order valence-electron chi connectivity index (χ1n) is 7.52. The van der Waals surface area contributed by atoms with Gasteiger partial charge in [-0.05, 0) is 59.7 Å². The van der Waals surface area contributed by atoms with Gasteiger partial charge in [0.05, 0.1) is 0 Å². The van der Waals surface area contributed by atoms with Crippen molar-refractivity contribution >= 4 is 0 Å². The molecule has 2 heteroatoms. The Morgan fingerprint density at radius 3 is 2.17 bits per heavy atom. The van der Waals surface area contributed by atoms with Gasteiger partial charge in [0.15, 0.2) is 0 Å². The van der Waals surface area contributed by atoms with E-state index >= 15 is 0 Å². The highest BCUT2D eigenvalue weighted by atomic mass is 15.2. The molecule has 0 aromatic carbocycles. The lowest BCUT2D eigenvalue weighted by Crippen LogP contribution is -2.57. The number of hydrogen-bond donors (Lipinski definition) is 1. The molecule has 0 saturated carbocycles. The fraction of sp³-hybridized carbons (Fsp3) is 0.875. The van der Waals surface area contributed by atoms with Crippen molar-refractivity contribution in [1.29, 1.82) is 0 Å². The molecule has 0 aliphatic heterocycles. The second-order valence-corrected chi connectivity index (χ2v) is 5.83. The molecule has 0 fully saturated rings. The summed E-state index contributed by atoms with van der Waals surface area (Å²) in [6.45, 7) is 21.0. The van der Waals surface area contributed by atoms with Gasteiger partial charge in [-0.2, -0.15) is 0 Å². The Balaban J connectivity index is 4.72. The first-order valence-corrected chi connectivity index (χ1v) is 7.52. The highest BCUT2D eigenvalue weighted by molar-refractivity contribution is 4.97. The minimum atomic E-state index is 0.203. The SMILES string of the molecule is C=C(C)CCC(NCCC)C(C)(C)N(CC)CC. The number of nitrogens with one attached hydrogen (secondary N) is 1. The minimum absolute atomic E-state index is 0.203. The summed E-state index contributed by atoms with van der Waals surface area (Å²) in [6.07, 6.45) is 3.49. The molecule has 0 amide bonds. The number of nitrogens with zero attached hydrogens (tertiary/aromatic N) is 1. The first-order chi connectivity index (χ1) is 8.39. The maximum Gasteiger partial charge on any atom is 0.0306 e. The summed E-state index contributed by atoms with van der Waals surface area (Å²) in [5, 5.41) is 3.73. The van der Waals surface area contributed by atoms with Crippen LogP contribution in [0.2, 0.25) is 0 Å². The fourth-order valence-corrected chi connectivity index (χ4v) is 2.67. The van der Waals surface area contributed by atoms with Crippen LogP contribution in [0.4, 0.5) is 0 Å². The summed E-state index contributed by atoms with van der Waals surface area (Å²) in [5.74, 6) is 0. The van der Waals surface area contributed by atoms with Gasteiger partial charge >= 0.3 is 0 Å². The Morgan fingerprint density at radius 1 is 1.22 bits per heavy atom. The van der Waals surface area contributed by atoms with Crippen LogP contribution in [-0.2, 0) is 0 Å². The van der Waals surface area contributed by atoms with Gasteiger partial charge in [-0.15, -0.1) is 6.58 Å². The third kappa shape index (κ3) is 5.53. The fourth-order valence-electron chi connectivity index (χ4n) is 2.67. The zero-order valence-electron chi connectivity index (χ0n) is 13.5. The number of allylic oxidation sites excluding steroid dienone is 1. The van der Waals surface area contributed by atoms with Gasteiger partial charge < -0.3 is 5.32 Å². The van der Waals surface area contributed by atoms with Gasteiger partial charge in [0.1, 0.15) is 0 Å². The molecule has 0 aliphatic rings. The highest BCUT2D eigenvalue weighted by Crippen LogP contribution is 2.23. The van der Waals surface area contributed by atoms with Crippen LogP contribution in [0.1, 0.15) is 60.8 Å². The molecule has 0 aromatic heterocycles. The molecule has 2 nitrogen and oxygen atoms in total. The third-order valence-corrected chi connectivity index (χ3v) is 3.93. The number of rotatable bonds is 10. The van der Waals surface area contributed by atoms with Gasteiger partial charge in [-0.3, -0.25) is 4.90 Å². The van der Waals surface area contributed by atoms with E-state index in [4.69, 9.17) is 0 Å². The lowest BCUT2D eigenvalue weighted by atomic mass is 9.87. The lowest BCUT2D eigenvalue weighted by molar-refractivity contribution is 0.0876. The summed E-state index contributed by atoms with van der Waals surface area (Å²) < 4.78 is 0. The second-order valence-electron chi connectivity index (χ2n) is 5.83. The normalized spacial score (nSPS) is 13.9. The second kappa shape index (κ2) is 8.71. The van der Waals surface area contributed by atoms with Crippen LogP contribution < -0.4 is 5.32 Å². The highest BCUT2D eigenvalue weighted by Gasteiger charge is 2.32. The van der Waals surface area contributed by atoms with Crippen LogP contribution in [0.15, 0.2) is 12.2 Å². The summed E-state index contributed by atoms with van der Waals surface area (Å²) in [6, 6.07) is 0.536. The smallest absolute Gasteiger partial charge is 0.0306 e. The molecule has 0 bridgehead atoms. The summed E-state index contributed by atoms with van der Waals surface area (Å²) in [4.78, 5) is 2.55. The summed E-state index contributed by atoms with van der Waals surface area (Å²) in [5.41, 5.74) is 1.49. The van der Waals surface area contributed by atoms with E-state index in [1.165, 1.54) is 18.4 Å². The van der Waals surface area contributed by atoms with Crippen molar-refractivity contribution in [2.75, 3.05) is 19.6 Å². The van der Waals surface area contributed by atoms with Gasteiger partial charge in [-0.25, -0.2) is 0 Å². The van der Waals surface area contributed by atoms with Gasteiger partial charge in [-0.1, -0.05) is 26.3 Å². The minimum Gasteiger partial charge on any atom is -0.312 e. The van der Waals surface area contributed by atoms with Crippen molar-refractivity contribution in [2.45, 2.75) is 72.4 Å². The largest absolute Gasteiger partial charge is 0.312 e. The Kier molecular flexibility index (Phi) is 8.54. The molecule has 1 atom stereocenters. The van der Waals surface area contributed by atoms with E-state index in [0.29, 0.717) is 6.04 Å². The van der Waals surface area contributed by atoms with Crippen LogP contribution in [0.25, 0.3) is 0 Å². The van der Waals surface area contributed by atoms with E-state index in [9.17, 15) is 0 Å². The number of likely N-dealkylation sites (N-methyl/N-ethyl adjacent to an activating group) is 1. The van der Waals surface area contributed by atoms with Gasteiger partial charge in [0, 0.05) is 11.6 Å². The molecule has 1 N–H and O–H groups in total. The Hall–Kier alpha value is -0.340. The van der Waals surface area contributed by atoms with E-state index in [-0.39, 0.29) is 5.54 Å². The van der Waals surface area contributed by atoms with E-state index in [2.05, 4.69) is 58.3 Å². The molecule has 0 spiro atoms. The van der Waals surface area contributed by atoms with Crippen LogP contribution in [0.5, 0.6) is 0 Å². The summed E-state index contributed by atoms with van der Waals surface area (Å²) >= 11 is 0. The van der Waals surface area contributed by atoms with Crippen molar-refractivity contribution in [3.05, 3.63) is 12.2 Å². The Morgan fingerprint density at radius 2 is 1.78 bits per heavy atom. The molecule has 0 aliphatic carbocycles. The number of hydrogen-bond acceptors (Lipinski definition) is 2. The van der Waals surface area contributed by atoms with Gasteiger partial charge in [0.2, 0.25) is 0 Å². The molecular weight excluding hydrogens is 220 g/mol.